The van der Waals surface area contributed by atoms with Gasteiger partial charge in [0.15, 0.2) is 0 Å². The second-order valence-corrected chi connectivity index (χ2v) is 7.63. The van der Waals surface area contributed by atoms with Crippen molar-refractivity contribution in [2.24, 2.45) is 0 Å². The summed E-state index contributed by atoms with van der Waals surface area (Å²) in [6.07, 6.45) is 0.615. The van der Waals surface area contributed by atoms with Crippen molar-refractivity contribution in [2.75, 3.05) is 6.54 Å². The van der Waals surface area contributed by atoms with Gasteiger partial charge in [-0.3, -0.25) is 4.79 Å². The van der Waals surface area contributed by atoms with Crippen LogP contribution in [0.15, 0.2) is 71.6 Å². The Morgan fingerprint density at radius 2 is 1.77 bits per heavy atom. The van der Waals surface area contributed by atoms with Gasteiger partial charge in [-0.2, -0.15) is 0 Å². The Morgan fingerprint density at radius 1 is 1.00 bits per heavy atom. The number of hydrogen-bond donors (Lipinski definition) is 1. The number of esters is 1. The molecule has 134 valence electrons. The smallest absolute Gasteiger partial charge is 0.308 e. The first-order chi connectivity index (χ1) is 12.5. The van der Waals surface area contributed by atoms with E-state index in [2.05, 4.69) is 4.72 Å². The van der Waals surface area contributed by atoms with Crippen LogP contribution in [0, 0.1) is 0 Å². The average molecular weight is 369 g/mol. The van der Waals surface area contributed by atoms with Crippen LogP contribution >= 0.6 is 0 Å². The van der Waals surface area contributed by atoms with Crippen LogP contribution in [0.1, 0.15) is 12.5 Å². The van der Waals surface area contributed by atoms with Gasteiger partial charge in [0.05, 0.1) is 4.90 Å². The maximum atomic E-state index is 12.5. The summed E-state index contributed by atoms with van der Waals surface area (Å²) in [5, 5.41) is 1.38. The molecule has 6 heteroatoms. The van der Waals surface area contributed by atoms with E-state index < -0.39 is 16.0 Å². The Hall–Kier alpha value is -2.70. The maximum absolute atomic E-state index is 12.5. The molecule has 0 amide bonds. The summed E-state index contributed by atoms with van der Waals surface area (Å²) in [6, 6.07) is 19.6. The quantitative estimate of drug-likeness (QED) is 0.535. The van der Waals surface area contributed by atoms with Crippen molar-refractivity contribution in [1.82, 2.24) is 4.72 Å². The standard InChI is InChI=1S/C20H19NO4S/c1-15(22)25-20-9-5-8-17-14-18(10-11-19(17)20)26(23,24)21-13-12-16-6-3-2-4-7-16/h2-11,14,21H,12-13H2,1H3. The summed E-state index contributed by atoms with van der Waals surface area (Å²) in [6.45, 7) is 1.65. The molecule has 0 fully saturated rings. The highest BCUT2D eigenvalue weighted by Crippen LogP contribution is 2.27. The van der Waals surface area contributed by atoms with Gasteiger partial charge in [0, 0.05) is 18.9 Å². The maximum Gasteiger partial charge on any atom is 0.308 e. The van der Waals surface area contributed by atoms with Gasteiger partial charge in [-0.15, -0.1) is 0 Å². The fourth-order valence-corrected chi connectivity index (χ4v) is 3.77. The molecule has 0 aromatic heterocycles. The largest absolute Gasteiger partial charge is 0.426 e. The van der Waals surface area contributed by atoms with Gasteiger partial charge in [-0.05, 0) is 41.6 Å². The number of rotatable bonds is 6. The first-order valence-corrected chi connectivity index (χ1v) is 9.69. The van der Waals surface area contributed by atoms with Crippen LogP contribution in [-0.2, 0) is 21.2 Å². The number of carbonyl (C=O) groups is 1. The van der Waals surface area contributed by atoms with Gasteiger partial charge in [-0.25, -0.2) is 13.1 Å². The third-order valence-electron chi connectivity index (χ3n) is 3.92. The third kappa shape index (κ3) is 4.28. The summed E-state index contributed by atoms with van der Waals surface area (Å²) < 4.78 is 32.8. The first kappa shape index (κ1) is 18.1. The molecule has 0 aliphatic heterocycles. The molecule has 0 heterocycles. The first-order valence-electron chi connectivity index (χ1n) is 8.20. The average Bonchev–Trinajstić information content (AvgIpc) is 2.62. The van der Waals surface area contributed by atoms with E-state index in [1.807, 2.05) is 30.3 Å². The fourth-order valence-electron chi connectivity index (χ4n) is 2.70. The number of nitrogens with one attached hydrogen (secondary N) is 1. The summed E-state index contributed by atoms with van der Waals surface area (Å²) in [7, 11) is -3.62. The molecule has 0 radical (unpaired) electrons. The Kier molecular flexibility index (Phi) is 5.35. The van der Waals surface area contributed by atoms with Crippen molar-refractivity contribution >= 4 is 26.8 Å². The van der Waals surface area contributed by atoms with Crippen LogP contribution in [0.4, 0.5) is 0 Å². The van der Waals surface area contributed by atoms with Crippen LogP contribution in [0.5, 0.6) is 5.75 Å². The highest BCUT2D eigenvalue weighted by Gasteiger charge is 2.15. The second kappa shape index (κ2) is 7.68. The van der Waals surface area contributed by atoms with Gasteiger partial charge in [0.25, 0.3) is 0 Å². The second-order valence-electron chi connectivity index (χ2n) is 5.87. The molecule has 0 unspecified atom stereocenters. The molecule has 0 aliphatic carbocycles. The number of carbonyl (C=O) groups excluding carboxylic acids is 1. The van der Waals surface area contributed by atoms with E-state index in [4.69, 9.17) is 4.74 Å². The number of hydrogen-bond acceptors (Lipinski definition) is 4. The lowest BCUT2D eigenvalue weighted by molar-refractivity contribution is -0.131. The minimum Gasteiger partial charge on any atom is -0.426 e. The normalized spacial score (nSPS) is 11.4. The van der Waals surface area contributed by atoms with Crippen LogP contribution < -0.4 is 9.46 Å². The van der Waals surface area contributed by atoms with E-state index in [0.717, 1.165) is 5.56 Å². The molecule has 1 N–H and O–H groups in total. The Morgan fingerprint density at radius 3 is 2.50 bits per heavy atom. The van der Waals surface area contributed by atoms with Crippen LogP contribution in [-0.4, -0.2) is 20.9 Å². The van der Waals surface area contributed by atoms with Gasteiger partial charge < -0.3 is 4.74 Å². The predicted molar refractivity (Wildman–Crippen MR) is 101 cm³/mol. The molecule has 0 saturated carbocycles. The van der Waals surface area contributed by atoms with E-state index in [1.54, 1.807) is 30.3 Å². The van der Waals surface area contributed by atoms with Crippen LogP contribution in [0.2, 0.25) is 0 Å². The molecule has 0 aliphatic rings. The topological polar surface area (TPSA) is 72.5 Å². The van der Waals surface area contributed by atoms with Crippen molar-refractivity contribution in [1.29, 1.82) is 0 Å². The van der Waals surface area contributed by atoms with Gasteiger partial charge in [-0.1, -0.05) is 42.5 Å². The molecule has 0 spiro atoms. The molecule has 0 bridgehead atoms. The molecule has 3 aromatic rings. The SMILES string of the molecule is CC(=O)Oc1cccc2cc(S(=O)(=O)NCCc3ccccc3)ccc12. The minimum atomic E-state index is -3.62. The fraction of sp³-hybridized carbons (Fsp3) is 0.150. The molecule has 0 atom stereocenters. The minimum absolute atomic E-state index is 0.179. The van der Waals surface area contributed by atoms with Gasteiger partial charge in [0.2, 0.25) is 10.0 Å². The summed E-state index contributed by atoms with van der Waals surface area (Å²) >= 11 is 0. The molecule has 26 heavy (non-hydrogen) atoms. The van der Waals surface area contributed by atoms with E-state index in [0.29, 0.717) is 29.5 Å². The number of ether oxygens (including phenoxy) is 1. The molecule has 3 aromatic carbocycles. The zero-order chi connectivity index (χ0) is 18.6. The lowest BCUT2D eigenvalue weighted by atomic mass is 10.1. The Labute approximate surface area is 152 Å². The van der Waals surface area contributed by atoms with E-state index in [1.165, 1.54) is 13.0 Å². The van der Waals surface area contributed by atoms with Gasteiger partial charge >= 0.3 is 5.97 Å². The summed E-state index contributed by atoms with van der Waals surface area (Å²) in [5.41, 5.74) is 1.07. The van der Waals surface area contributed by atoms with E-state index in [-0.39, 0.29) is 4.90 Å². The number of sulfonamides is 1. The molecular weight excluding hydrogens is 350 g/mol. The number of benzene rings is 3. The third-order valence-corrected chi connectivity index (χ3v) is 5.38. The molecule has 5 nitrogen and oxygen atoms in total. The Bertz CT molecular complexity index is 1030. The van der Waals surface area contributed by atoms with Crippen LogP contribution in [0.3, 0.4) is 0 Å². The van der Waals surface area contributed by atoms with Crippen molar-refractivity contribution < 1.29 is 17.9 Å². The van der Waals surface area contributed by atoms with Crippen molar-refractivity contribution in [3.8, 4) is 5.75 Å². The molecular formula is C20H19NO4S. The van der Waals surface area contributed by atoms with Crippen molar-refractivity contribution in [3.63, 3.8) is 0 Å². The highest BCUT2D eigenvalue weighted by molar-refractivity contribution is 7.89. The van der Waals surface area contributed by atoms with E-state index in [9.17, 15) is 13.2 Å². The van der Waals surface area contributed by atoms with Crippen molar-refractivity contribution in [3.05, 3.63) is 72.3 Å². The Balaban J connectivity index is 1.79. The van der Waals surface area contributed by atoms with Gasteiger partial charge in [0.1, 0.15) is 5.75 Å². The monoisotopic (exact) mass is 369 g/mol. The lowest BCUT2D eigenvalue weighted by Crippen LogP contribution is -2.26. The summed E-state index contributed by atoms with van der Waals surface area (Å²) in [4.78, 5) is 11.4. The van der Waals surface area contributed by atoms with E-state index >= 15 is 0 Å². The zero-order valence-corrected chi connectivity index (χ0v) is 15.1. The summed E-state index contributed by atoms with van der Waals surface area (Å²) in [5.74, 6) is -0.00670. The number of fused-ring (bicyclic) bond motifs is 1. The highest BCUT2D eigenvalue weighted by atomic mass is 32.2. The zero-order valence-electron chi connectivity index (χ0n) is 14.3. The molecule has 0 saturated heterocycles. The van der Waals surface area contributed by atoms with Crippen molar-refractivity contribution in [2.45, 2.75) is 18.2 Å². The predicted octanol–water partition coefficient (Wildman–Crippen LogP) is 3.29. The molecule has 3 rings (SSSR count). The van der Waals surface area contributed by atoms with Crippen LogP contribution in [0.25, 0.3) is 10.8 Å². The lowest BCUT2D eigenvalue weighted by Gasteiger charge is -2.10.